The number of hydrogen-bond acceptors (Lipinski definition) is 5. The highest BCUT2D eigenvalue weighted by Gasteiger charge is 2.29. The van der Waals surface area contributed by atoms with Crippen LogP contribution < -0.4 is 5.56 Å². The van der Waals surface area contributed by atoms with E-state index in [0.29, 0.717) is 17.0 Å². The predicted octanol–water partition coefficient (Wildman–Crippen LogP) is 3.58. The van der Waals surface area contributed by atoms with Crippen LogP contribution in [0, 0.1) is 5.82 Å². The fourth-order valence-corrected chi connectivity index (χ4v) is 2.89. The van der Waals surface area contributed by atoms with Gasteiger partial charge < -0.3 is 9.51 Å². The zero-order chi connectivity index (χ0) is 21.3. The molecule has 4 rings (SSSR count). The minimum Gasteiger partial charge on any atom is -0.364 e. The van der Waals surface area contributed by atoms with Crippen LogP contribution in [0.2, 0.25) is 0 Å². The van der Waals surface area contributed by atoms with Gasteiger partial charge in [-0.3, -0.25) is 9.48 Å². The summed E-state index contributed by atoms with van der Waals surface area (Å²) < 4.78 is 58.0. The Hall–Kier alpha value is -3.76. The molecule has 3 heterocycles. The molecule has 0 atom stereocenters. The zero-order valence-corrected chi connectivity index (χ0v) is 15.2. The van der Waals surface area contributed by atoms with Gasteiger partial charge in [-0.2, -0.15) is 18.3 Å². The topological polar surface area (TPSA) is 89.6 Å². The molecule has 1 aromatic carbocycles. The van der Waals surface area contributed by atoms with E-state index in [1.807, 2.05) is 0 Å². The molecule has 0 bridgehead atoms. The number of nitrogens with zero attached hydrogens (tertiary/aromatic N) is 4. The van der Waals surface area contributed by atoms with Crippen molar-refractivity contribution < 1.29 is 22.1 Å². The van der Waals surface area contributed by atoms with Gasteiger partial charge in [-0.05, 0) is 12.1 Å². The number of aromatic nitrogens is 5. The summed E-state index contributed by atoms with van der Waals surface area (Å²) in [6, 6.07) is 9.24. The Kier molecular flexibility index (Phi) is 4.94. The van der Waals surface area contributed by atoms with Crippen molar-refractivity contribution in [2.24, 2.45) is 0 Å². The molecule has 0 aliphatic rings. The van der Waals surface area contributed by atoms with Gasteiger partial charge in [0.15, 0.2) is 5.82 Å². The second-order valence-corrected chi connectivity index (χ2v) is 6.43. The molecule has 0 amide bonds. The van der Waals surface area contributed by atoms with E-state index in [-0.39, 0.29) is 18.1 Å². The minimum atomic E-state index is -4.53. The molecule has 0 spiro atoms. The van der Waals surface area contributed by atoms with Crippen LogP contribution in [0.5, 0.6) is 0 Å². The normalized spacial score (nSPS) is 11.7. The Bertz CT molecular complexity index is 1230. The lowest BCUT2D eigenvalue weighted by molar-refractivity contribution is -0.127. The summed E-state index contributed by atoms with van der Waals surface area (Å²) in [7, 11) is 0. The number of nitrogens with one attached hydrogen (secondary N) is 1. The Morgan fingerprint density at radius 1 is 1.10 bits per heavy atom. The number of rotatable bonds is 5. The smallest absolute Gasteiger partial charge is 0.364 e. The Balaban J connectivity index is 1.74. The first-order chi connectivity index (χ1) is 14.3. The molecule has 0 unspecified atom stereocenters. The standard InChI is InChI=1S/C19H13F4N5O2/c20-13-4-2-1-3-11(13)10-28-16(14-5-6-30-27-14)7-15(26-28)17-24-9-12(18(29)25-17)8-19(21,22)23/h1-7,9H,8,10H2,(H,24,25,29). The Labute approximate surface area is 166 Å². The third-order valence-electron chi connectivity index (χ3n) is 4.26. The molecule has 4 aromatic rings. The van der Waals surface area contributed by atoms with Crippen LogP contribution in [0.1, 0.15) is 11.1 Å². The number of aromatic amines is 1. The van der Waals surface area contributed by atoms with Gasteiger partial charge >= 0.3 is 6.18 Å². The van der Waals surface area contributed by atoms with Crippen LogP contribution in [0.3, 0.4) is 0 Å². The van der Waals surface area contributed by atoms with Crippen molar-refractivity contribution in [2.75, 3.05) is 0 Å². The van der Waals surface area contributed by atoms with Crippen LogP contribution in [0.4, 0.5) is 17.6 Å². The largest absolute Gasteiger partial charge is 0.393 e. The summed E-state index contributed by atoms with van der Waals surface area (Å²) in [6.45, 7) is 0.0469. The molecule has 0 aliphatic carbocycles. The molecule has 11 heteroatoms. The molecule has 0 saturated heterocycles. The summed E-state index contributed by atoms with van der Waals surface area (Å²) in [4.78, 5) is 18.3. The average molecular weight is 419 g/mol. The number of halogens is 4. The molecule has 0 fully saturated rings. The highest BCUT2D eigenvalue weighted by atomic mass is 19.4. The fourth-order valence-electron chi connectivity index (χ4n) is 2.89. The maximum atomic E-state index is 14.1. The Morgan fingerprint density at radius 3 is 2.57 bits per heavy atom. The predicted molar refractivity (Wildman–Crippen MR) is 96.8 cm³/mol. The van der Waals surface area contributed by atoms with Crippen molar-refractivity contribution in [2.45, 2.75) is 19.1 Å². The molecular formula is C19H13F4N5O2. The average Bonchev–Trinajstić information content (AvgIpc) is 3.34. The molecule has 0 aliphatic heterocycles. The summed E-state index contributed by atoms with van der Waals surface area (Å²) >= 11 is 0. The lowest BCUT2D eigenvalue weighted by Gasteiger charge is -2.06. The van der Waals surface area contributed by atoms with E-state index >= 15 is 0 Å². The zero-order valence-electron chi connectivity index (χ0n) is 15.2. The maximum Gasteiger partial charge on any atom is 0.393 e. The second kappa shape index (κ2) is 7.58. The summed E-state index contributed by atoms with van der Waals surface area (Å²) in [5.41, 5.74) is -0.0262. The van der Waals surface area contributed by atoms with Crippen molar-refractivity contribution in [3.8, 4) is 22.9 Å². The van der Waals surface area contributed by atoms with E-state index < -0.39 is 29.5 Å². The van der Waals surface area contributed by atoms with Crippen LogP contribution in [0.15, 0.2) is 58.2 Å². The van der Waals surface area contributed by atoms with Crippen molar-refractivity contribution in [3.05, 3.63) is 76.2 Å². The lowest BCUT2D eigenvalue weighted by Crippen LogP contribution is -2.21. The highest BCUT2D eigenvalue weighted by molar-refractivity contribution is 5.62. The van der Waals surface area contributed by atoms with Gasteiger partial charge in [0.2, 0.25) is 0 Å². The third kappa shape index (κ3) is 4.14. The summed E-state index contributed by atoms with van der Waals surface area (Å²) in [5.74, 6) is -0.452. The van der Waals surface area contributed by atoms with Crippen LogP contribution in [-0.4, -0.2) is 31.1 Å². The molecular weight excluding hydrogens is 406 g/mol. The lowest BCUT2D eigenvalue weighted by atomic mass is 10.2. The quantitative estimate of drug-likeness (QED) is 0.500. The molecule has 0 radical (unpaired) electrons. The summed E-state index contributed by atoms with van der Waals surface area (Å²) in [5, 5.41) is 8.17. The van der Waals surface area contributed by atoms with Crippen molar-refractivity contribution in [1.82, 2.24) is 24.9 Å². The van der Waals surface area contributed by atoms with Gasteiger partial charge in [-0.25, -0.2) is 9.37 Å². The van der Waals surface area contributed by atoms with E-state index in [0.717, 1.165) is 6.20 Å². The Morgan fingerprint density at radius 2 is 1.90 bits per heavy atom. The maximum absolute atomic E-state index is 14.1. The van der Waals surface area contributed by atoms with E-state index in [1.165, 1.54) is 23.1 Å². The van der Waals surface area contributed by atoms with Crippen LogP contribution in [-0.2, 0) is 13.0 Å². The van der Waals surface area contributed by atoms with E-state index in [4.69, 9.17) is 4.52 Å². The molecule has 30 heavy (non-hydrogen) atoms. The molecule has 154 valence electrons. The van der Waals surface area contributed by atoms with Gasteiger partial charge in [0.1, 0.15) is 23.5 Å². The number of hydrogen-bond donors (Lipinski definition) is 1. The minimum absolute atomic E-state index is 0.0250. The highest BCUT2D eigenvalue weighted by Crippen LogP contribution is 2.25. The van der Waals surface area contributed by atoms with Gasteiger partial charge in [0.05, 0.1) is 18.7 Å². The monoisotopic (exact) mass is 419 g/mol. The van der Waals surface area contributed by atoms with Gasteiger partial charge in [-0.1, -0.05) is 23.4 Å². The van der Waals surface area contributed by atoms with Gasteiger partial charge in [0.25, 0.3) is 5.56 Å². The first-order valence-corrected chi connectivity index (χ1v) is 8.67. The summed E-state index contributed by atoms with van der Waals surface area (Å²) in [6.07, 6.45) is -3.70. The van der Waals surface area contributed by atoms with Gasteiger partial charge in [-0.15, -0.1) is 0 Å². The fraction of sp³-hybridized carbons (Fsp3) is 0.158. The SMILES string of the molecule is O=c1[nH]c(-c2cc(-c3ccon3)n(Cc3ccccc3F)n2)ncc1CC(F)(F)F. The molecule has 0 saturated carbocycles. The molecule has 7 nitrogen and oxygen atoms in total. The van der Waals surface area contributed by atoms with Crippen molar-refractivity contribution >= 4 is 0 Å². The van der Waals surface area contributed by atoms with Crippen molar-refractivity contribution in [1.29, 1.82) is 0 Å². The van der Waals surface area contributed by atoms with E-state index in [9.17, 15) is 22.4 Å². The number of benzene rings is 1. The number of H-pyrrole nitrogens is 1. The van der Waals surface area contributed by atoms with Crippen LogP contribution >= 0.6 is 0 Å². The molecule has 1 N–H and O–H groups in total. The number of alkyl halides is 3. The van der Waals surface area contributed by atoms with Gasteiger partial charge in [0, 0.05) is 23.4 Å². The first kappa shape index (κ1) is 19.6. The first-order valence-electron chi connectivity index (χ1n) is 8.67. The molecule has 3 aromatic heterocycles. The van der Waals surface area contributed by atoms with Crippen molar-refractivity contribution in [3.63, 3.8) is 0 Å². The van der Waals surface area contributed by atoms with E-state index in [2.05, 4.69) is 20.2 Å². The van der Waals surface area contributed by atoms with Crippen LogP contribution in [0.25, 0.3) is 22.9 Å². The second-order valence-electron chi connectivity index (χ2n) is 6.43. The third-order valence-corrected chi connectivity index (χ3v) is 4.26. The van der Waals surface area contributed by atoms with E-state index in [1.54, 1.807) is 24.3 Å².